The Kier molecular flexibility index (Phi) is 9.74. The Hall–Kier alpha value is -3.05. The normalized spacial score (nSPS) is 14.7. The lowest BCUT2D eigenvalue weighted by molar-refractivity contribution is -0.142. The van der Waals surface area contributed by atoms with E-state index in [2.05, 4.69) is 33.6 Å². The van der Waals surface area contributed by atoms with E-state index in [4.69, 9.17) is 5.73 Å². The minimum atomic E-state index is -1.22. The van der Waals surface area contributed by atoms with E-state index < -0.39 is 41.8 Å². The van der Waals surface area contributed by atoms with Gasteiger partial charge in [0.15, 0.2) is 0 Å². The fourth-order valence-electron chi connectivity index (χ4n) is 3.39. The van der Waals surface area contributed by atoms with Crippen LogP contribution in [0.5, 0.6) is 0 Å². The van der Waals surface area contributed by atoms with Crippen LogP contribution in [0.2, 0.25) is 0 Å². The van der Waals surface area contributed by atoms with E-state index in [0.717, 1.165) is 16.5 Å². The molecule has 180 valence electrons. The molecule has 4 atom stereocenters. The lowest BCUT2D eigenvalue weighted by atomic mass is 9.96. The van der Waals surface area contributed by atoms with Gasteiger partial charge in [-0.15, -0.1) is 0 Å². The van der Waals surface area contributed by atoms with Crippen molar-refractivity contribution in [2.75, 3.05) is 12.3 Å². The SMILES string of the molecule is CCC(C)C(NC(=O)C(Cc1c[nH]c2ccccc12)NC(=O)CN)C(=O)NC(CS)C(=O)O. The van der Waals surface area contributed by atoms with Gasteiger partial charge in [-0.3, -0.25) is 14.4 Å². The molecule has 2 aromatic rings. The molecule has 0 spiro atoms. The Labute approximate surface area is 197 Å². The summed E-state index contributed by atoms with van der Waals surface area (Å²) in [6.07, 6.45) is 2.49. The lowest BCUT2D eigenvalue weighted by Gasteiger charge is -2.27. The van der Waals surface area contributed by atoms with E-state index in [9.17, 15) is 24.3 Å². The molecule has 0 saturated heterocycles. The van der Waals surface area contributed by atoms with Gasteiger partial charge in [-0.2, -0.15) is 12.6 Å². The molecule has 4 unspecified atom stereocenters. The molecule has 0 fully saturated rings. The molecule has 33 heavy (non-hydrogen) atoms. The van der Waals surface area contributed by atoms with Crippen LogP contribution in [0.15, 0.2) is 30.5 Å². The summed E-state index contributed by atoms with van der Waals surface area (Å²) < 4.78 is 0. The van der Waals surface area contributed by atoms with Gasteiger partial charge in [0, 0.05) is 29.3 Å². The standard InChI is InChI=1S/C22H31N5O5S/c1-3-12(2)19(21(30)26-17(11-33)22(31)32)27-20(29)16(25-18(28)9-23)8-13-10-24-15-7-5-4-6-14(13)15/h4-7,10,12,16-17,19,24,33H,3,8-9,11,23H2,1-2H3,(H,25,28)(H,26,30)(H,27,29)(H,31,32). The summed E-state index contributed by atoms with van der Waals surface area (Å²) in [4.78, 5) is 52.4. The molecule has 0 bridgehead atoms. The molecule has 0 aliphatic heterocycles. The second-order valence-corrected chi connectivity index (χ2v) is 8.21. The van der Waals surface area contributed by atoms with Crippen LogP contribution in [0.25, 0.3) is 10.9 Å². The number of benzene rings is 1. The van der Waals surface area contributed by atoms with Gasteiger partial charge >= 0.3 is 5.97 Å². The van der Waals surface area contributed by atoms with E-state index in [0.29, 0.717) is 6.42 Å². The van der Waals surface area contributed by atoms with Crippen LogP contribution in [0.3, 0.4) is 0 Å². The molecule has 0 radical (unpaired) electrons. The van der Waals surface area contributed by atoms with E-state index in [1.54, 1.807) is 13.1 Å². The summed E-state index contributed by atoms with van der Waals surface area (Å²) in [5.41, 5.74) is 7.13. The second kappa shape index (κ2) is 12.3. The summed E-state index contributed by atoms with van der Waals surface area (Å²) in [5, 5.41) is 17.8. The largest absolute Gasteiger partial charge is 0.480 e. The molecule has 0 saturated carbocycles. The minimum absolute atomic E-state index is 0.0992. The van der Waals surface area contributed by atoms with Crippen molar-refractivity contribution >= 4 is 47.2 Å². The number of aromatic amines is 1. The quantitative estimate of drug-likeness (QED) is 0.215. The van der Waals surface area contributed by atoms with Gasteiger partial charge in [-0.1, -0.05) is 38.5 Å². The van der Waals surface area contributed by atoms with Crippen LogP contribution in [0, 0.1) is 5.92 Å². The maximum Gasteiger partial charge on any atom is 0.327 e. The number of hydrogen-bond donors (Lipinski definition) is 7. The van der Waals surface area contributed by atoms with E-state index in [1.165, 1.54) is 0 Å². The molecule has 7 N–H and O–H groups in total. The van der Waals surface area contributed by atoms with Crippen molar-refractivity contribution in [2.24, 2.45) is 11.7 Å². The molecule has 1 aromatic carbocycles. The molecule has 3 amide bonds. The first-order valence-electron chi connectivity index (χ1n) is 10.7. The number of rotatable bonds is 12. The first-order chi connectivity index (χ1) is 15.7. The molecule has 1 heterocycles. The molecular weight excluding hydrogens is 446 g/mol. The highest BCUT2D eigenvalue weighted by molar-refractivity contribution is 7.80. The number of aromatic nitrogens is 1. The summed E-state index contributed by atoms with van der Waals surface area (Å²) in [7, 11) is 0. The number of para-hydroxylation sites is 1. The number of fused-ring (bicyclic) bond motifs is 1. The van der Waals surface area contributed by atoms with Gasteiger partial charge < -0.3 is 31.8 Å². The van der Waals surface area contributed by atoms with Crippen LogP contribution in [0.4, 0.5) is 0 Å². The molecule has 11 heteroatoms. The van der Waals surface area contributed by atoms with Crippen LogP contribution < -0.4 is 21.7 Å². The zero-order valence-corrected chi connectivity index (χ0v) is 19.5. The molecule has 0 aliphatic rings. The fourth-order valence-corrected chi connectivity index (χ4v) is 3.63. The molecule has 0 aliphatic carbocycles. The van der Waals surface area contributed by atoms with Crippen molar-refractivity contribution in [3.05, 3.63) is 36.0 Å². The number of amides is 3. The molecule has 10 nitrogen and oxygen atoms in total. The highest BCUT2D eigenvalue weighted by Gasteiger charge is 2.32. The van der Waals surface area contributed by atoms with E-state index in [-0.39, 0.29) is 24.6 Å². The topological polar surface area (TPSA) is 166 Å². The van der Waals surface area contributed by atoms with Gasteiger partial charge in [0.1, 0.15) is 18.1 Å². The predicted octanol–water partition coefficient (Wildman–Crippen LogP) is 0.184. The van der Waals surface area contributed by atoms with Gasteiger partial charge in [0.2, 0.25) is 17.7 Å². The Morgan fingerprint density at radius 1 is 1.09 bits per heavy atom. The van der Waals surface area contributed by atoms with Gasteiger partial charge in [0.25, 0.3) is 0 Å². The van der Waals surface area contributed by atoms with Crippen LogP contribution in [0.1, 0.15) is 25.8 Å². The predicted molar refractivity (Wildman–Crippen MR) is 128 cm³/mol. The number of carbonyl (C=O) groups is 4. The fraction of sp³-hybridized carbons (Fsp3) is 0.455. The summed E-state index contributed by atoms with van der Waals surface area (Å²) in [6, 6.07) is 4.38. The zero-order valence-electron chi connectivity index (χ0n) is 18.6. The van der Waals surface area contributed by atoms with Gasteiger partial charge in [-0.05, 0) is 17.5 Å². The number of nitrogens with one attached hydrogen (secondary N) is 4. The first-order valence-corrected chi connectivity index (χ1v) is 11.3. The van der Waals surface area contributed by atoms with Gasteiger partial charge in [-0.25, -0.2) is 4.79 Å². The number of H-pyrrole nitrogens is 1. The van der Waals surface area contributed by atoms with Crippen molar-refractivity contribution in [2.45, 2.75) is 44.8 Å². The Morgan fingerprint density at radius 3 is 2.39 bits per heavy atom. The number of aliphatic carboxylic acids is 1. The lowest BCUT2D eigenvalue weighted by Crippen LogP contribution is -2.58. The smallest absolute Gasteiger partial charge is 0.327 e. The van der Waals surface area contributed by atoms with Crippen LogP contribution >= 0.6 is 12.6 Å². The highest BCUT2D eigenvalue weighted by Crippen LogP contribution is 2.19. The summed E-state index contributed by atoms with van der Waals surface area (Å²) in [5.74, 6) is -3.32. The zero-order chi connectivity index (χ0) is 24.5. The Bertz CT molecular complexity index is 994. The number of hydrogen-bond acceptors (Lipinski definition) is 6. The average Bonchev–Trinajstić information content (AvgIpc) is 3.22. The highest BCUT2D eigenvalue weighted by atomic mass is 32.1. The summed E-state index contributed by atoms with van der Waals surface area (Å²) in [6.45, 7) is 3.33. The third-order valence-corrected chi connectivity index (χ3v) is 5.89. The average molecular weight is 478 g/mol. The number of thiol groups is 1. The number of carboxylic acid groups (broad SMARTS) is 1. The van der Waals surface area contributed by atoms with Crippen molar-refractivity contribution in [1.29, 1.82) is 0 Å². The monoisotopic (exact) mass is 477 g/mol. The number of carbonyl (C=O) groups excluding carboxylic acids is 3. The molecule has 2 rings (SSSR count). The third kappa shape index (κ3) is 6.96. The van der Waals surface area contributed by atoms with Crippen molar-refractivity contribution in [3.8, 4) is 0 Å². The minimum Gasteiger partial charge on any atom is -0.480 e. The second-order valence-electron chi connectivity index (χ2n) is 7.84. The van der Waals surface area contributed by atoms with Crippen molar-refractivity contribution < 1.29 is 24.3 Å². The maximum absolute atomic E-state index is 13.2. The summed E-state index contributed by atoms with van der Waals surface area (Å²) >= 11 is 3.96. The third-order valence-electron chi connectivity index (χ3n) is 5.53. The first kappa shape index (κ1) is 26.2. The van der Waals surface area contributed by atoms with Gasteiger partial charge in [0.05, 0.1) is 6.54 Å². The number of nitrogens with two attached hydrogens (primary N) is 1. The Balaban J connectivity index is 2.25. The molecular formula is C22H31N5O5S. The van der Waals surface area contributed by atoms with Crippen LogP contribution in [-0.4, -0.2) is 64.2 Å². The van der Waals surface area contributed by atoms with E-state index >= 15 is 0 Å². The number of carboxylic acids is 1. The van der Waals surface area contributed by atoms with Crippen molar-refractivity contribution in [1.82, 2.24) is 20.9 Å². The Morgan fingerprint density at radius 2 is 1.79 bits per heavy atom. The van der Waals surface area contributed by atoms with Crippen LogP contribution in [-0.2, 0) is 25.6 Å². The van der Waals surface area contributed by atoms with Crippen molar-refractivity contribution in [3.63, 3.8) is 0 Å². The maximum atomic E-state index is 13.2. The molecule has 1 aromatic heterocycles. The van der Waals surface area contributed by atoms with E-state index in [1.807, 2.05) is 31.2 Å².